The van der Waals surface area contributed by atoms with E-state index in [2.05, 4.69) is 9.97 Å². The van der Waals surface area contributed by atoms with Crippen LogP contribution in [0.4, 0.5) is 27.7 Å². The molecule has 4 N–H and O–H groups in total. The molecule has 88 valence electrons. The molecule has 0 saturated carbocycles. The minimum Gasteiger partial charge on any atom is -0.383 e. The quantitative estimate of drug-likeness (QED) is 0.822. The highest BCUT2D eigenvalue weighted by Crippen LogP contribution is 2.25. The standard InChI is InChI=1S/C11H12FN5/c1-17(8-5-3-2-4-7(8)12)10-6-9(13)15-11(14)16-10/h2-6H,1H3,(H4,13,14,15,16). The molecule has 0 unspecified atom stereocenters. The van der Waals surface area contributed by atoms with Crippen LogP contribution in [-0.4, -0.2) is 17.0 Å². The van der Waals surface area contributed by atoms with Crippen LogP contribution < -0.4 is 16.4 Å². The molecule has 0 saturated heterocycles. The number of aromatic nitrogens is 2. The number of rotatable bonds is 2. The molecule has 0 radical (unpaired) electrons. The van der Waals surface area contributed by atoms with Crippen molar-refractivity contribution in [3.8, 4) is 0 Å². The van der Waals surface area contributed by atoms with Crippen LogP contribution in [0.25, 0.3) is 0 Å². The van der Waals surface area contributed by atoms with Gasteiger partial charge in [0.25, 0.3) is 0 Å². The number of para-hydroxylation sites is 1. The van der Waals surface area contributed by atoms with Gasteiger partial charge in [0.2, 0.25) is 5.95 Å². The molecule has 2 rings (SSSR count). The van der Waals surface area contributed by atoms with E-state index in [4.69, 9.17) is 11.5 Å². The second kappa shape index (κ2) is 4.25. The van der Waals surface area contributed by atoms with Gasteiger partial charge in [-0.05, 0) is 12.1 Å². The van der Waals surface area contributed by atoms with E-state index >= 15 is 0 Å². The second-order valence-electron chi connectivity index (χ2n) is 3.52. The Morgan fingerprint density at radius 2 is 1.88 bits per heavy atom. The number of halogens is 1. The summed E-state index contributed by atoms with van der Waals surface area (Å²) in [6.45, 7) is 0. The van der Waals surface area contributed by atoms with E-state index in [1.807, 2.05) is 0 Å². The monoisotopic (exact) mass is 233 g/mol. The maximum absolute atomic E-state index is 13.6. The van der Waals surface area contributed by atoms with Crippen LogP contribution in [0, 0.1) is 5.82 Å². The Hall–Kier alpha value is -2.37. The Kier molecular flexibility index (Phi) is 2.78. The van der Waals surface area contributed by atoms with Crippen LogP contribution in [0.15, 0.2) is 30.3 Å². The second-order valence-corrected chi connectivity index (χ2v) is 3.52. The Morgan fingerprint density at radius 3 is 2.53 bits per heavy atom. The molecule has 1 aromatic carbocycles. The Balaban J connectivity index is 2.43. The van der Waals surface area contributed by atoms with Gasteiger partial charge < -0.3 is 16.4 Å². The fourth-order valence-electron chi connectivity index (χ4n) is 1.49. The molecular weight excluding hydrogens is 221 g/mol. The van der Waals surface area contributed by atoms with Crippen LogP contribution in [0.3, 0.4) is 0 Å². The van der Waals surface area contributed by atoms with E-state index in [0.29, 0.717) is 11.5 Å². The van der Waals surface area contributed by atoms with E-state index in [9.17, 15) is 4.39 Å². The van der Waals surface area contributed by atoms with E-state index in [-0.39, 0.29) is 17.6 Å². The van der Waals surface area contributed by atoms with Crippen LogP contribution >= 0.6 is 0 Å². The van der Waals surface area contributed by atoms with Crippen LogP contribution in [0.5, 0.6) is 0 Å². The fourth-order valence-corrected chi connectivity index (χ4v) is 1.49. The van der Waals surface area contributed by atoms with Crippen molar-refractivity contribution in [3.05, 3.63) is 36.1 Å². The van der Waals surface area contributed by atoms with Crippen molar-refractivity contribution < 1.29 is 4.39 Å². The summed E-state index contributed by atoms with van der Waals surface area (Å²) >= 11 is 0. The topological polar surface area (TPSA) is 81.1 Å². The van der Waals surface area contributed by atoms with Crippen molar-refractivity contribution in [2.24, 2.45) is 0 Å². The van der Waals surface area contributed by atoms with E-state index < -0.39 is 0 Å². The SMILES string of the molecule is CN(c1cc(N)nc(N)n1)c1ccccc1F. The zero-order valence-corrected chi connectivity index (χ0v) is 9.26. The van der Waals surface area contributed by atoms with Crippen molar-refractivity contribution >= 4 is 23.3 Å². The van der Waals surface area contributed by atoms with Crippen molar-refractivity contribution in [1.82, 2.24) is 9.97 Å². The predicted octanol–water partition coefficient (Wildman–Crippen LogP) is 1.55. The van der Waals surface area contributed by atoms with Gasteiger partial charge in [0.1, 0.15) is 17.5 Å². The zero-order chi connectivity index (χ0) is 12.4. The number of hydrogen-bond donors (Lipinski definition) is 2. The first kappa shape index (κ1) is 11.1. The normalized spacial score (nSPS) is 10.2. The maximum atomic E-state index is 13.6. The van der Waals surface area contributed by atoms with Gasteiger partial charge in [-0.15, -0.1) is 0 Å². The molecule has 1 aromatic heterocycles. The molecule has 6 heteroatoms. The van der Waals surface area contributed by atoms with Gasteiger partial charge in [0.05, 0.1) is 5.69 Å². The van der Waals surface area contributed by atoms with Gasteiger partial charge >= 0.3 is 0 Å². The molecule has 0 amide bonds. The molecule has 1 heterocycles. The highest BCUT2D eigenvalue weighted by molar-refractivity contribution is 5.62. The van der Waals surface area contributed by atoms with Crippen molar-refractivity contribution in [1.29, 1.82) is 0 Å². The van der Waals surface area contributed by atoms with Gasteiger partial charge in [0.15, 0.2) is 0 Å². The molecule has 0 bridgehead atoms. The molecule has 0 aliphatic heterocycles. The molecule has 0 atom stereocenters. The Bertz CT molecular complexity index is 523. The predicted molar refractivity (Wildman–Crippen MR) is 65.3 cm³/mol. The summed E-state index contributed by atoms with van der Waals surface area (Å²) in [5, 5.41) is 0. The largest absolute Gasteiger partial charge is 0.383 e. The lowest BCUT2D eigenvalue weighted by molar-refractivity contribution is 0.627. The van der Waals surface area contributed by atoms with Crippen LogP contribution in [-0.2, 0) is 0 Å². The van der Waals surface area contributed by atoms with Crippen molar-refractivity contribution in [3.63, 3.8) is 0 Å². The summed E-state index contributed by atoms with van der Waals surface area (Å²) in [7, 11) is 1.68. The lowest BCUT2D eigenvalue weighted by Crippen LogP contribution is -2.14. The smallest absolute Gasteiger partial charge is 0.223 e. The van der Waals surface area contributed by atoms with Crippen molar-refractivity contribution in [2.75, 3.05) is 23.4 Å². The fraction of sp³-hybridized carbons (Fsp3) is 0.0909. The summed E-state index contributed by atoms with van der Waals surface area (Å²) < 4.78 is 13.6. The molecule has 0 spiro atoms. The molecular formula is C11H12FN5. The number of benzene rings is 1. The first-order valence-electron chi connectivity index (χ1n) is 4.96. The molecule has 17 heavy (non-hydrogen) atoms. The molecule has 5 nitrogen and oxygen atoms in total. The number of anilines is 4. The average Bonchev–Trinajstić information content (AvgIpc) is 2.27. The lowest BCUT2D eigenvalue weighted by atomic mass is 10.3. The first-order valence-corrected chi connectivity index (χ1v) is 4.96. The van der Waals surface area contributed by atoms with Gasteiger partial charge in [-0.25, -0.2) is 4.39 Å². The molecule has 2 aromatic rings. The van der Waals surface area contributed by atoms with Crippen molar-refractivity contribution in [2.45, 2.75) is 0 Å². The van der Waals surface area contributed by atoms with Crippen LogP contribution in [0.2, 0.25) is 0 Å². The van der Waals surface area contributed by atoms with E-state index in [1.54, 1.807) is 30.1 Å². The third kappa shape index (κ3) is 2.25. The third-order valence-corrected chi connectivity index (χ3v) is 2.31. The lowest BCUT2D eigenvalue weighted by Gasteiger charge is -2.19. The molecule has 0 fully saturated rings. The summed E-state index contributed by atoms with van der Waals surface area (Å²) in [5.41, 5.74) is 11.4. The van der Waals surface area contributed by atoms with E-state index in [1.165, 1.54) is 12.1 Å². The summed E-state index contributed by atoms with van der Waals surface area (Å²) in [4.78, 5) is 9.31. The minimum atomic E-state index is -0.342. The average molecular weight is 233 g/mol. The number of nitrogens with zero attached hydrogens (tertiary/aromatic N) is 3. The Labute approximate surface area is 97.9 Å². The third-order valence-electron chi connectivity index (χ3n) is 2.31. The first-order chi connectivity index (χ1) is 8.08. The van der Waals surface area contributed by atoms with E-state index in [0.717, 1.165) is 0 Å². The highest BCUT2D eigenvalue weighted by atomic mass is 19.1. The summed E-state index contributed by atoms with van der Waals surface area (Å²) in [6.07, 6.45) is 0. The Morgan fingerprint density at radius 1 is 1.18 bits per heavy atom. The maximum Gasteiger partial charge on any atom is 0.223 e. The molecule has 0 aliphatic carbocycles. The van der Waals surface area contributed by atoms with Crippen LogP contribution in [0.1, 0.15) is 0 Å². The highest BCUT2D eigenvalue weighted by Gasteiger charge is 2.11. The molecule has 0 aliphatic rings. The van der Waals surface area contributed by atoms with Gasteiger partial charge in [-0.1, -0.05) is 12.1 Å². The summed E-state index contributed by atoms with van der Waals surface area (Å²) in [6, 6.07) is 7.91. The zero-order valence-electron chi connectivity index (χ0n) is 9.26. The summed E-state index contributed by atoms with van der Waals surface area (Å²) in [5.74, 6) is 0.407. The van der Waals surface area contributed by atoms with Gasteiger partial charge in [-0.2, -0.15) is 9.97 Å². The number of nitrogen functional groups attached to an aromatic ring is 2. The van der Waals surface area contributed by atoms with Gasteiger partial charge in [0, 0.05) is 13.1 Å². The van der Waals surface area contributed by atoms with Gasteiger partial charge in [-0.3, -0.25) is 0 Å². The number of hydrogen-bond acceptors (Lipinski definition) is 5. The number of nitrogens with two attached hydrogens (primary N) is 2. The minimum absolute atomic E-state index is 0.0585.